The van der Waals surface area contributed by atoms with Crippen LogP contribution in [0, 0.1) is 0 Å². The lowest BCUT2D eigenvalue weighted by molar-refractivity contribution is -0.00259. The van der Waals surface area contributed by atoms with Crippen LogP contribution in [0.2, 0.25) is 0 Å². The zero-order valence-electron chi connectivity index (χ0n) is 14.6. The third kappa shape index (κ3) is 3.68. The highest BCUT2D eigenvalue weighted by Gasteiger charge is 2.32. The monoisotopic (exact) mass is 399 g/mol. The summed E-state index contributed by atoms with van der Waals surface area (Å²) < 4.78 is 58.2. The molecule has 0 spiro atoms. The third-order valence-corrected chi connectivity index (χ3v) is 7.96. The van der Waals surface area contributed by atoms with Gasteiger partial charge in [-0.3, -0.25) is 4.68 Å². The maximum absolute atomic E-state index is 12.9. The van der Waals surface area contributed by atoms with Crippen LogP contribution in [0.3, 0.4) is 0 Å². The molecule has 1 aliphatic heterocycles. The van der Waals surface area contributed by atoms with Crippen LogP contribution in [0.1, 0.15) is 18.6 Å². The maximum atomic E-state index is 12.9. The van der Waals surface area contributed by atoms with Gasteiger partial charge in [-0.2, -0.15) is 9.40 Å². The normalized spacial score (nSPS) is 19.5. The number of sulfone groups is 1. The minimum atomic E-state index is -3.73. The van der Waals surface area contributed by atoms with E-state index in [0.717, 1.165) is 5.56 Å². The second-order valence-corrected chi connectivity index (χ2v) is 10.3. The molecule has 0 bridgehead atoms. The predicted molar refractivity (Wildman–Crippen MR) is 94.8 cm³/mol. The first-order valence-corrected chi connectivity index (χ1v) is 11.3. The van der Waals surface area contributed by atoms with E-state index in [0.29, 0.717) is 0 Å². The van der Waals surface area contributed by atoms with Crippen molar-refractivity contribution in [3.63, 3.8) is 0 Å². The van der Waals surface area contributed by atoms with Crippen LogP contribution in [-0.2, 0) is 31.6 Å². The van der Waals surface area contributed by atoms with E-state index in [1.807, 2.05) is 0 Å². The summed E-state index contributed by atoms with van der Waals surface area (Å²) in [7, 11) is -5.31. The first-order chi connectivity index (χ1) is 12.2. The largest absolute Gasteiger partial charge is 0.371 e. The fraction of sp³-hybridized carbons (Fsp3) is 0.438. The van der Waals surface area contributed by atoms with Crippen LogP contribution in [-0.4, -0.2) is 56.4 Å². The zero-order valence-corrected chi connectivity index (χ0v) is 16.2. The van der Waals surface area contributed by atoms with Gasteiger partial charge in [0.2, 0.25) is 10.0 Å². The van der Waals surface area contributed by atoms with Gasteiger partial charge in [0.25, 0.3) is 0 Å². The summed E-state index contributed by atoms with van der Waals surface area (Å²) in [6.45, 7) is 2.25. The molecule has 1 aliphatic rings. The number of sulfonamides is 1. The van der Waals surface area contributed by atoms with E-state index in [2.05, 4.69) is 5.10 Å². The van der Waals surface area contributed by atoms with Crippen LogP contribution in [0.25, 0.3) is 0 Å². The number of benzene rings is 1. The minimum absolute atomic E-state index is 0.0324. The van der Waals surface area contributed by atoms with Crippen molar-refractivity contribution in [1.29, 1.82) is 0 Å². The average molecular weight is 399 g/mol. The summed E-state index contributed by atoms with van der Waals surface area (Å²) in [6, 6.07) is 5.36. The summed E-state index contributed by atoms with van der Waals surface area (Å²) in [6.07, 6.45) is 3.07. The smallest absolute Gasteiger partial charge is 0.243 e. The van der Waals surface area contributed by atoms with E-state index in [1.165, 1.54) is 28.6 Å². The Labute approximate surface area is 153 Å². The van der Waals surface area contributed by atoms with Gasteiger partial charge in [-0.05, 0) is 24.3 Å². The standard InChI is InChI=1S/C16H21N3O5S2/c1-3-25(20,21)14-4-6-15(7-5-14)26(22,23)19-8-9-24-16(12-19)13-10-17-18(2)11-13/h4-7,10-11,16H,3,8-9,12H2,1-2H3/t16-/m0/s1. The minimum Gasteiger partial charge on any atom is -0.371 e. The van der Waals surface area contributed by atoms with Crippen LogP contribution in [0.15, 0.2) is 46.5 Å². The highest BCUT2D eigenvalue weighted by atomic mass is 32.2. The Hall–Kier alpha value is -1.75. The Morgan fingerprint density at radius 2 is 1.81 bits per heavy atom. The number of rotatable bonds is 5. The molecule has 0 N–H and O–H groups in total. The number of morpholine rings is 1. The number of aryl methyl sites for hydroxylation is 1. The Kier molecular flexibility index (Phi) is 5.20. The first-order valence-electron chi connectivity index (χ1n) is 8.17. The molecule has 0 aliphatic carbocycles. The lowest BCUT2D eigenvalue weighted by Crippen LogP contribution is -2.42. The summed E-state index contributed by atoms with van der Waals surface area (Å²) in [4.78, 5) is 0.188. The fourth-order valence-electron chi connectivity index (χ4n) is 2.79. The summed E-state index contributed by atoms with van der Waals surface area (Å²) >= 11 is 0. The number of hydrogen-bond acceptors (Lipinski definition) is 6. The molecule has 0 amide bonds. The van der Waals surface area contributed by atoms with E-state index >= 15 is 0 Å². The van der Waals surface area contributed by atoms with Gasteiger partial charge in [0, 0.05) is 31.9 Å². The van der Waals surface area contributed by atoms with Crippen molar-refractivity contribution >= 4 is 19.9 Å². The second kappa shape index (κ2) is 7.10. The number of aromatic nitrogens is 2. The van der Waals surface area contributed by atoms with Gasteiger partial charge in [-0.15, -0.1) is 0 Å². The van der Waals surface area contributed by atoms with E-state index in [9.17, 15) is 16.8 Å². The fourth-order valence-corrected chi connectivity index (χ4v) is 5.10. The van der Waals surface area contributed by atoms with Crippen LogP contribution >= 0.6 is 0 Å². The molecule has 1 aromatic carbocycles. The molecule has 0 unspecified atom stereocenters. The molecule has 8 nitrogen and oxygen atoms in total. The topological polar surface area (TPSA) is 98.6 Å². The van der Waals surface area contributed by atoms with Crippen LogP contribution in [0.5, 0.6) is 0 Å². The van der Waals surface area contributed by atoms with E-state index in [1.54, 1.807) is 31.0 Å². The van der Waals surface area contributed by atoms with Crippen molar-refractivity contribution in [2.45, 2.75) is 22.8 Å². The highest BCUT2D eigenvalue weighted by Crippen LogP contribution is 2.26. The van der Waals surface area contributed by atoms with Crippen molar-refractivity contribution in [1.82, 2.24) is 14.1 Å². The predicted octanol–water partition coefficient (Wildman–Crippen LogP) is 0.976. The lowest BCUT2D eigenvalue weighted by Gasteiger charge is -2.31. The molecule has 2 heterocycles. The summed E-state index contributed by atoms with van der Waals surface area (Å²) in [5.74, 6) is -0.0324. The Balaban J connectivity index is 1.83. The Morgan fingerprint density at radius 3 is 2.38 bits per heavy atom. The number of hydrogen-bond donors (Lipinski definition) is 0. The van der Waals surface area contributed by atoms with Gasteiger partial charge >= 0.3 is 0 Å². The highest BCUT2D eigenvalue weighted by molar-refractivity contribution is 7.91. The van der Waals surface area contributed by atoms with Gasteiger partial charge in [0.15, 0.2) is 9.84 Å². The van der Waals surface area contributed by atoms with E-state index < -0.39 is 19.9 Å². The number of ether oxygens (including phenoxy) is 1. The third-order valence-electron chi connectivity index (χ3n) is 4.33. The molecule has 3 rings (SSSR count). The Morgan fingerprint density at radius 1 is 1.15 bits per heavy atom. The maximum Gasteiger partial charge on any atom is 0.243 e. The van der Waals surface area contributed by atoms with E-state index in [4.69, 9.17) is 4.74 Å². The molecule has 0 radical (unpaired) electrons. The van der Waals surface area contributed by atoms with Crippen LogP contribution < -0.4 is 0 Å². The van der Waals surface area contributed by atoms with Crippen molar-refractivity contribution < 1.29 is 21.6 Å². The Bertz CT molecular complexity index is 981. The van der Waals surface area contributed by atoms with Gasteiger partial charge in [0.05, 0.1) is 34.5 Å². The molecule has 1 fully saturated rings. The van der Waals surface area contributed by atoms with Crippen molar-refractivity contribution in [3.8, 4) is 0 Å². The molecule has 1 saturated heterocycles. The SMILES string of the molecule is CCS(=O)(=O)c1ccc(S(=O)(=O)N2CCO[C@H](c3cnn(C)c3)C2)cc1. The molecular formula is C16H21N3O5S2. The summed E-state index contributed by atoms with van der Waals surface area (Å²) in [5.41, 5.74) is 0.816. The van der Waals surface area contributed by atoms with Gasteiger partial charge in [0.1, 0.15) is 0 Å². The molecule has 1 aromatic heterocycles. The van der Waals surface area contributed by atoms with Crippen molar-refractivity contribution in [2.75, 3.05) is 25.4 Å². The van der Waals surface area contributed by atoms with E-state index in [-0.39, 0.29) is 41.3 Å². The lowest BCUT2D eigenvalue weighted by atomic mass is 10.2. The molecule has 26 heavy (non-hydrogen) atoms. The van der Waals surface area contributed by atoms with Crippen LogP contribution in [0.4, 0.5) is 0 Å². The molecule has 142 valence electrons. The van der Waals surface area contributed by atoms with Gasteiger partial charge in [-0.1, -0.05) is 6.92 Å². The van der Waals surface area contributed by atoms with Crippen molar-refractivity contribution in [3.05, 3.63) is 42.2 Å². The number of nitrogens with zero attached hydrogens (tertiary/aromatic N) is 3. The molecule has 0 saturated carbocycles. The average Bonchev–Trinajstić information content (AvgIpc) is 3.08. The molecule has 10 heteroatoms. The molecule has 1 atom stereocenters. The van der Waals surface area contributed by atoms with Gasteiger partial charge in [-0.25, -0.2) is 16.8 Å². The second-order valence-electron chi connectivity index (χ2n) is 6.04. The first kappa shape index (κ1) is 19.0. The zero-order chi connectivity index (χ0) is 18.9. The summed E-state index contributed by atoms with van der Waals surface area (Å²) in [5, 5.41) is 4.09. The quantitative estimate of drug-likeness (QED) is 0.743. The molecular weight excluding hydrogens is 378 g/mol. The van der Waals surface area contributed by atoms with Gasteiger partial charge < -0.3 is 4.74 Å². The molecule has 2 aromatic rings. The van der Waals surface area contributed by atoms with Crippen molar-refractivity contribution in [2.24, 2.45) is 7.05 Å².